The SMILES string of the molecule is CCS(=O)(=O)c1ccccc1C(=O)NCC1CCC(c2ccc(C(N)=O)c(C)n2)CC1. The Morgan fingerprint density at radius 2 is 1.74 bits per heavy atom. The zero-order valence-electron chi connectivity index (χ0n) is 17.9. The van der Waals surface area contributed by atoms with Crippen molar-refractivity contribution in [1.29, 1.82) is 0 Å². The number of nitrogens with one attached hydrogen (secondary N) is 1. The normalized spacial score (nSPS) is 19.0. The lowest BCUT2D eigenvalue weighted by Gasteiger charge is -2.28. The second-order valence-corrected chi connectivity index (χ2v) is 10.3. The molecule has 1 aromatic carbocycles. The largest absolute Gasteiger partial charge is 0.366 e. The van der Waals surface area contributed by atoms with Crippen molar-refractivity contribution in [2.45, 2.75) is 50.3 Å². The molecule has 1 aliphatic rings. The number of nitrogens with two attached hydrogens (primary N) is 1. The van der Waals surface area contributed by atoms with Crippen LogP contribution in [-0.2, 0) is 9.84 Å². The molecule has 0 spiro atoms. The first-order chi connectivity index (χ1) is 14.7. The van der Waals surface area contributed by atoms with Crippen LogP contribution >= 0.6 is 0 Å². The van der Waals surface area contributed by atoms with Gasteiger partial charge in [-0.3, -0.25) is 14.6 Å². The van der Waals surface area contributed by atoms with Gasteiger partial charge in [-0.15, -0.1) is 0 Å². The van der Waals surface area contributed by atoms with Gasteiger partial charge in [-0.1, -0.05) is 19.1 Å². The first-order valence-electron chi connectivity index (χ1n) is 10.6. The summed E-state index contributed by atoms with van der Waals surface area (Å²) < 4.78 is 24.5. The highest BCUT2D eigenvalue weighted by Crippen LogP contribution is 2.35. The molecular weight excluding hydrogens is 414 g/mol. The summed E-state index contributed by atoms with van der Waals surface area (Å²) in [6.07, 6.45) is 3.78. The van der Waals surface area contributed by atoms with Gasteiger partial charge in [-0.2, -0.15) is 0 Å². The number of carbonyl (C=O) groups excluding carboxylic acids is 2. The number of carbonyl (C=O) groups is 2. The first kappa shape index (κ1) is 22.9. The lowest BCUT2D eigenvalue weighted by atomic mass is 9.80. The maximum Gasteiger partial charge on any atom is 0.252 e. The molecular formula is C23H29N3O4S. The van der Waals surface area contributed by atoms with Crippen LogP contribution in [-0.4, -0.2) is 37.5 Å². The van der Waals surface area contributed by atoms with Crippen molar-refractivity contribution in [3.05, 3.63) is 58.9 Å². The molecule has 8 heteroatoms. The van der Waals surface area contributed by atoms with Crippen molar-refractivity contribution in [2.75, 3.05) is 12.3 Å². The zero-order valence-corrected chi connectivity index (χ0v) is 18.7. The predicted molar refractivity (Wildman–Crippen MR) is 119 cm³/mol. The number of aryl methyl sites for hydroxylation is 1. The summed E-state index contributed by atoms with van der Waals surface area (Å²) in [6, 6.07) is 9.97. The third-order valence-corrected chi connectivity index (χ3v) is 7.82. The number of hydrogen-bond donors (Lipinski definition) is 2. The minimum atomic E-state index is -3.46. The first-order valence-corrected chi connectivity index (χ1v) is 12.3. The number of nitrogens with zero attached hydrogens (tertiary/aromatic N) is 1. The van der Waals surface area contributed by atoms with Gasteiger partial charge in [0.15, 0.2) is 9.84 Å². The van der Waals surface area contributed by atoms with E-state index in [0.29, 0.717) is 29.6 Å². The fraction of sp³-hybridized carbons (Fsp3) is 0.435. The van der Waals surface area contributed by atoms with Gasteiger partial charge in [0.25, 0.3) is 11.8 Å². The van der Waals surface area contributed by atoms with E-state index in [4.69, 9.17) is 5.73 Å². The van der Waals surface area contributed by atoms with E-state index >= 15 is 0 Å². The van der Waals surface area contributed by atoms with E-state index < -0.39 is 15.7 Å². The maximum absolute atomic E-state index is 12.7. The lowest BCUT2D eigenvalue weighted by molar-refractivity contribution is 0.0938. The Balaban J connectivity index is 1.57. The van der Waals surface area contributed by atoms with E-state index in [1.807, 2.05) is 6.07 Å². The van der Waals surface area contributed by atoms with Crippen molar-refractivity contribution in [1.82, 2.24) is 10.3 Å². The number of benzene rings is 1. The van der Waals surface area contributed by atoms with Crippen LogP contribution in [0, 0.1) is 12.8 Å². The molecule has 0 unspecified atom stereocenters. The summed E-state index contributed by atoms with van der Waals surface area (Å²) in [5.74, 6) is -0.211. The lowest BCUT2D eigenvalue weighted by Crippen LogP contribution is -2.32. The highest BCUT2D eigenvalue weighted by Gasteiger charge is 2.25. The quantitative estimate of drug-likeness (QED) is 0.682. The Hall–Kier alpha value is -2.74. The molecule has 1 aromatic heterocycles. The van der Waals surface area contributed by atoms with E-state index in [0.717, 1.165) is 31.4 Å². The fourth-order valence-electron chi connectivity index (χ4n) is 4.14. The Labute approximate surface area is 183 Å². The average molecular weight is 444 g/mol. The minimum absolute atomic E-state index is 0.0464. The predicted octanol–water partition coefficient (Wildman–Crippen LogP) is 2.99. The maximum atomic E-state index is 12.7. The monoisotopic (exact) mass is 443 g/mol. The Bertz CT molecular complexity index is 1070. The molecule has 1 heterocycles. The van der Waals surface area contributed by atoms with Crippen LogP contribution in [0.1, 0.15) is 70.6 Å². The highest BCUT2D eigenvalue weighted by atomic mass is 32.2. The molecule has 2 amide bonds. The average Bonchev–Trinajstić information content (AvgIpc) is 2.77. The van der Waals surface area contributed by atoms with Crippen LogP contribution in [0.3, 0.4) is 0 Å². The molecule has 0 atom stereocenters. The number of aromatic nitrogens is 1. The fourth-order valence-corrected chi connectivity index (χ4v) is 5.24. The molecule has 2 aromatic rings. The smallest absolute Gasteiger partial charge is 0.252 e. The van der Waals surface area contributed by atoms with Crippen molar-refractivity contribution >= 4 is 21.7 Å². The third kappa shape index (κ3) is 5.31. The van der Waals surface area contributed by atoms with E-state index in [9.17, 15) is 18.0 Å². The third-order valence-electron chi connectivity index (χ3n) is 6.04. The number of hydrogen-bond acceptors (Lipinski definition) is 5. The molecule has 7 nitrogen and oxygen atoms in total. The molecule has 1 fully saturated rings. The van der Waals surface area contributed by atoms with Gasteiger partial charge < -0.3 is 11.1 Å². The second-order valence-electron chi connectivity index (χ2n) is 8.06. The van der Waals surface area contributed by atoms with Crippen LogP contribution in [0.4, 0.5) is 0 Å². The number of pyridine rings is 1. The molecule has 1 aliphatic carbocycles. The number of primary amides is 1. The van der Waals surface area contributed by atoms with Gasteiger partial charge in [-0.25, -0.2) is 8.42 Å². The standard InChI is InChI=1S/C23H29N3O4S/c1-3-31(29,30)21-7-5-4-6-19(21)23(28)25-14-16-8-10-17(11-9-16)20-13-12-18(22(24)27)15(2)26-20/h4-7,12-13,16-17H,3,8-11,14H2,1-2H3,(H2,24,27)(H,25,28). The Morgan fingerprint density at radius 3 is 2.35 bits per heavy atom. The molecule has 1 saturated carbocycles. The van der Waals surface area contributed by atoms with Gasteiger partial charge in [0.2, 0.25) is 0 Å². The number of rotatable bonds is 7. The van der Waals surface area contributed by atoms with Gasteiger partial charge in [-0.05, 0) is 62.8 Å². The van der Waals surface area contributed by atoms with Crippen LogP contribution in [0.25, 0.3) is 0 Å². The number of amides is 2. The minimum Gasteiger partial charge on any atom is -0.366 e. The summed E-state index contributed by atoms with van der Waals surface area (Å²) in [6.45, 7) is 3.88. The molecule has 0 bridgehead atoms. The zero-order chi connectivity index (χ0) is 22.6. The van der Waals surface area contributed by atoms with Gasteiger partial charge >= 0.3 is 0 Å². The summed E-state index contributed by atoms with van der Waals surface area (Å²) in [5.41, 5.74) is 7.63. The van der Waals surface area contributed by atoms with Crippen LogP contribution in [0.5, 0.6) is 0 Å². The van der Waals surface area contributed by atoms with Crippen molar-refractivity contribution in [3.63, 3.8) is 0 Å². The molecule has 166 valence electrons. The molecule has 0 radical (unpaired) electrons. The van der Waals surface area contributed by atoms with Crippen molar-refractivity contribution < 1.29 is 18.0 Å². The van der Waals surface area contributed by atoms with E-state index in [2.05, 4.69) is 10.3 Å². The van der Waals surface area contributed by atoms with Gasteiger partial charge in [0.05, 0.1) is 27.5 Å². The molecule has 0 saturated heterocycles. The molecule has 31 heavy (non-hydrogen) atoms. The summed E-state index contributed by atoms with van der Waals surface area (Å²) in [7, 11) is -3.46. The highest BCUT2D eigenvalue weighted by molar-refractivity contribution is 7.91. The van der Waals surface area contributed by atoms with Crippen LogP contribution in [0.2, 0.25) is 0 Å². The van der Waals surface area contributed by atoms with E-state index in [1.54, 1.807) is 38.1 Å². The van der Waals surface area contributed by atoms with Crippen LogP contribution < -0.4 is 11.1 Å². The van der Waals surface area contributed by atoms with Crippen molar-refractivity contribution in [2.24, 2.45) is 11.7 Å². The Morgan fingerprint density at radius 1 is 1.06 bits per heavy atom. The van der Waals surface area contributed by atoms with Gasteiger partial charge in [0, 0.05) is 18.2 Å². The molecule has 0 aliphatic heterocycles. The topological polar surface area (TPSA) is 119 Å². The van der Waals surface area contributed by atoms with Gasteiger partial charge in [0.1, 0.15) is 0 Å². The summed E-state index contributed by atoms with van der Waals surface area (Å²) >= 11 is 0. The van der Waals surface area contributed by atoms with E-state index in [1.165, 1.54) is 6.07 Å². The Kier molecular flexibility index (Phi) is 7.10. The van der Waals surface area contributed by atoms with E-state index in [-0.39, 0.29) is 22.1 Å². The molecule has 3 N–H and O–H groups in total. The summed E-state index contributed by atoms with van der Waals surface area (Å²) in [5, 5.41) is 2.92. The number of sulfone groups is 1. The van der Waals surface area contributed by atoms with Crippen molar-refractivity contribution in [3.8, 4) is 0 Å². The second kappa shape index (κ2) is 9.60. The summed E-state index contributed by atoms with van der Waals surface area (Å²) in [4.78, 5) is 28.7. The molecule has 3 rings (SSSR count). The van der Waals surface area contributed by atoms with Crippen LogP contribution in [0.15, 0.2) is 41.3 Å².